The minimum Gasteiger partial charge on any atom is -0.451 e. The lowest BCUT2D eigenvalue weighted by Gasteiger charge is -2.30. The molecule has 6 nitrogen and oxygen atoms in total. The van der Waals surface area contributed by atoms with Gasteiger partial charge in [-0.2, -0.15) is 0 Å². The van der Waals surface area contributed by atoms with E-state index in [9.17, 15) is 14.4 Å². The van der Waals surface area contributed by atoms with Gasteiger partial charge in [0.2, 0.25) is 0 Å². The summed E-state index contributed by atoms with van der Waals surface area (Å²) in [5.74, 6) is -0.880. The number of nitrogens with one attached hydrogen (secondary N) is 2. The number of benzene rings is 1. The Hall–Kier alpha value is -1.89. The van der Waals surface area contributed by atoms with E-state index in [4.69, 9.17) is 4.74 Å². The van der Waals surface area contributed by atoms with Gasteiger partial charge in [-0.3, -0.25) is 14.4 Å². The summed E-state index contributed by atoms with van der Waals surface area (Å²) in [6, 6.07) is 6.91. The van der Waals surface area contributed by atoms with Crippen molar-refractivity contribution < 1.29 is 19.1 Å². The standard InChI is InChI=1S/C19H25BrN2O4/c1-12-5-3-4-6-16(12)22-18(24)13(2)26-17(23)11-21-19(25)14-7-9-15(20)10-8-14/h7-10,12-13,16H,3-6,11H2,1-2H3,(H,21,25)(H,22,24)/t12-,13+,16-/m1/s1. The van der Waals surface area contributed by atoms with Crippen LogP contribution >= 0.6 is 15.9 Å². The van der Waals surface area contributed by atoms with Crippen molar-refractivity contribution in [2.24, 2.45) is 5.92 Å². The van der Waals surface area contributed by atoms with Crippen molar-refractivity contribution in [2.75, 3.05) is 6.54 Å². The second-order valence-electron chi connectivity index (χ2n) is 6.70. The molecule has 1 fully saturated rings. The molecular weight excluding hydrogens is 400 g/mol. The number of rotatable bonds is 6. The van der Waals surface area contributed by atoms with E-state index in [2.05, 4.69) is 33.5 Å². The molecule has 3 atom stereocenters. The first-order chi connectivity index (χ1) is 12.4. The highest BCUT2D eigenvalue weighted by Crippen LogP contribution is 2.23. The summed E-state index contributed by atoms with van der Waals surface area (Å²) in [5.41, 5.74) is 0.443. The molecule has 0 saturated heterocycles. The van der Waals surface area contributed by atoms with Crippen LogP contribution in [0.2, 0.25) is 0 Å². The average Bonchev–Trinajstić information content (AvgIpc) is 2.62. The molecule has 0 heterocycles. The molecule has 2 amide bonds. The minimum absolute atomic E-state index is 0.134. The van der Waals surface area contributed by atoms with Crippen molar-refractivity contribution in [3.63, 3.8) is 0 Å². The number of carbonyl (C=O) groups excluding carboxylic acids is 3. The van der Waals surface area contributed by atoms with Crippen molar-refractivity contribution >= 4 is 33.7 Å². The van der Waals surface area contributed by atoms with Gasteiger partial charge in [0.05, 0.1) is 0 Å². The normalized spacial score (nSPS) is 20.7. The zero-order chi connectivity index (χ0) is 19.1. The van der Waals surface area contributed by atoms with Crippen LogP contribution in [-0.4, -0.2) is 36.5 Å². The molecule has 1 aliphatic rings. The number of halogens is 1. The molecule has 1 aromatic rings. The Bertz CT molecular complexity index is 647. The third-order valence-corrected chi connectivity index (χ3v) is 5.14. The van der Waals surface area contributed by atoms with E-state index in [-0.39, 0.29) is 24.4 Å². The van der Waals surface area contributed by atoms with Gasteiger partial charge in [-0.15, -0.1) is 0 Å². The van der Waals surface area contributed by atoms with Gasteiger partial charge in [-0.05, 0) is 49.9 Å². The van der Waals surface area contributed by atoms with Crippen molar-refractivity contribution in [3.05, 3.63) is 34.3 Å². The third-order valence-electron chi connectivity index (χ3n) is 4.62. The SMILES string of the molecule is C[C@H](OC(=O)CNC(=O)c1ccc(Br)cc1)C(=O)N[C@@H]1CCCC[C@H]1C. The molecule has 26 heavy (non-hydrogen) atoms. The van der Waals surface area contributed by atoms with Crippen LogP contribution in [0.5, 0.6) is 0 Å². The van der Waals surface area contributed by atoms with E-state index in [1.807, 2.05) is 0 Å². The van der Waals surface area contributed by atoms with E-state index in [0.717, 1.165) is 23.7 Å². The molecule has 0 unspecified atom stereocenters. The number of esters is 1. The van der Waals surface area contributed by atoms with E-state index in [1.165, 1.54) is 13.3 Å². The van der Waals surface area contributed by atoms with Crippen LogP contribution in [0.15, 0.2) is 28.7 Å². The number of hydrogen-bond donors (Lipinski definition) is 2. The summed E-state index contributed by atoms with van der Waals surface area (Å²) in [7, 11) is 0. The molecule has 0 bridgehead atoms. The van der Waals surface area contributed by atoms with Gasteiger partial charge in [-0.1, -0.05) is 35.7 Å². The van der Waals surface area contributed by atoms with Crippen molar-refractivity contribution in [3.8, 4) is 0 Å². The maximum Gasteiger partial charge on any atom is 0.326 e. The Kier molecular flexibility index (Phi) is 7.63. The van der Waals surface area contributed by atoms with Gasteiger partial charge >= 0.3 is 5.97 Å². The maximum atomic E-state index is 12.2. The Morgan fingerprint density at radius 3 is 2.50 bits per heavy atom. The summed E-state index contributed by atoms with van der Waals surface area (Å²) in [6.45, 7) is 3.38. The molecule has 1 aromatic carbocycles. The van der Waals surface area contributed by atoms with Crippen LogP contribution in [-0.2, 0) is 14.3 Å². The topological polar surface area (TPSA) is 84.5 Å². The number of hydrogen-bond acceptors (Lipinski definition) is 4. The van der Waals surface area contributed by atoms with E-state index in [0.29, 0.717) is 11.5 Å². The number of amides is 2. The van der Waals surface area contributed by atoms with Crippen molar-refractivity contribution in [1.29, 1.82) is 0 Å². The zero-order valence-electron chi connectivity index (χ0n) is 15.1. The molecule has 0 spiro atoms. The largest absolute Gasteiger partial charge is 0.451 e. The summed E-state index contributed by atoms with van der Waals surface area (Å²) in [4.78, 5) is 36.0. The van der Waals surface area contributed by atoms with Gasteiger partial charge in [0, 0.05) is 16.1 Å². The fourth-order valence-corrected chi connectivity index (χ4v) is 3.24. The monoisotopic (exact) mass is 424 g/mol. The van der Waals surface area contributed by atoms with Gasteiger partial charge in [0.25, 0.3) is 11.8 Å². The Morgan fingerprint density at radius 1 is 1.19 bits per heavy atom. The molecule has 1 aliphatic carbocycles. The van der Waals surface area contributed by atoms with E-state index in [1.54, 1.807) is 24.3 Å². The quantitative estimate of drug-likeness (QED) is 0.687. The molecule has 1 saturated carbocycles. The summed E-state index contributed by atoms with van der Waals surface area (Å²) < 4.78 is 5.98. The van der Waals surface area contributed by atoms with Gasteiger partial charge < -0.3 is 15.4 Å². The van der Waals surface area contributed by atoms with Crippen LogP contribution in [0.1, 0.15) is 49.9 Å². The fourth-order valence-electron chi connectivity index (χ4n) is 2.98. The van der Waals surface area contributed by atoms with Crippen molar-refractivity contribution in [1.82, 2.24) is 10.6 Å². The lowest BCUT2D eigenvalue weighted by atomic mass is 9.86. The lowest BCUT2D eigenvalue weighted by Crippen LogP contribution is -2.46. The first kappa shape index (κ1) is 20.4. The predicted octanol–water partition coefficient (Wildman–Crippen LogP) is 2.81. The fraction of sp³-hybridized carbons (Fsp3) is 0.526. The first-order valence-corrected chi connectivity index (χ1v) is 9.69. The molecule has 0 aromatic heterocycles. The summed E-state index contributed by atoms with van der Waals surface area (Å²) >= 11 is 3.29. The number of ether oxygens (including phenoxy) is 1. The Labute approximate surface area is 162 Å². The molecular formula is C19H25BrN2O4. The summed E-state index contributed by atoms with van der Waals surface area (Å²) in [6.07, 6.45) is 3.46. The predicted molar refractivity (Wildman–Crippen MR) is 102 cm³/mol. The molecule has 142 valence electrons. The second-order valence-corrected chi connectivity index (χ2v) is 7.61. The molecule has 0 radical (unpaired) electrons. The van der Waals surface area contributed by atoms with Crippen LogP contribution in [0, 0.1) is 5.92 Å². The van der Waals surface area contributed by atoms with E-state index < -0.39 is 12.1 Å². The van der Waals surface area contributed by atoms with Crippen LogP contribution in [0.4, 0.5) is 0 Å². The third kappa shape index (κ3) is 6.12. The summed E-state index contributed by atoms with van der Waals surface area (Å²) in [5, 5.41) is 5.45. The lowest BCUT2D eigenvalue weighted by molar-refractivity contribution is -0.154. The van der Waals surface area contributed by atoms with Crippen molar-refractivity contribution in [2.45, 2.75) is 51.7 Å². The van der Waals surface area contributed by atoms with Gasteiger partial charge in [-0.25, -0.2) is 0 Å². The van der Waals surface area contributed by atoms with E-state index >= 15 is 0 Å². The molecule has 2 rings (SSSR count). The highest BCUT2D eigenvalue weighted by atomic mass is 79.9. The average molecular weight is 425 g/mol. The maximum absolute atomic E-state index is 12.2. The Morgan fingerprint density at radius 2 is 1.85 bits per heavy atom. The second kappa shape index (κ2) is 9.71. The Balaban J connectivity index is 1.74. The molecule has 0 aliphatic heterocycles. The smallest absolute Gasteiger partial charge is 0.326 e. The molecule has 7 heteroatoms. The zero-order valence-corrected chi connectivity index (χ0v) is 16.7. The van der Waals surface area contributed by atoms with Crippen LogP contribution < -0.4 is 10.6 Å². The minimum atomic E-state index is -0.888. The van der Waals surface area contributed by atoms with Gasteiger partial charge in [0.1, 0.15) is 6.54 Å². The number of carbonyl (C=O) groups is 3. The first-order valence-electron chi connectivity index (χ1n) is 8.90. The highest BCUT2D eigenvalue weighted by Gasteiger charge is 2.26. The van der Waals surface area contributed by atoms with Gasteiger partial charge in [0.15, 0.2) is 6.10 Å². The van der Waals surface area contributed by atoms with Crippen LogP contribution in [0.25, 0.3) is 0 Å². The highest BCUT2D eigenvalue weighted by molar-refractivity contribution is 9.10. The van der Waals surface area contributed by atoms with Crippen LogP contribution in [0.3, 0.4) is 0 Å². The molecule has 2 N–H and O–H groups in total.